The van der Waals surface area contributed by atoms with Gasteiger partial charge in [0, 0.05) is 41.8 Å². The number of benzene rings is 2. The number of H-pyrrole nitrogens is 1. The Morgan fingerprint density at radius 3 is 2.50 bits per heavy atom. The van der Waals surface area contributed by atoms with Crippen molar-refractivity contribution in [2.75, 3.05) is 12.4 Å². The Bertz CT molecular complexity index is 1300. The molecule has 2 aromatic carbocycles. The van der Waals surface area contributed by atoms with Crippen molar-refractivity contribution >= 4 is 34.1 Å². The summed E-state index contributed by atoms with van der Waals surface area (Å²) in [5.41, 5.74) is 2.57. The van der Waals surface area contributed by atoms with Gasteiger partial charge in [-0.2, -0.15) is 0 Å². The summed E-state index contributed by atoms with van der Waals surface area (Å²) in [6, 6.07) is 17.5. The van der Waals surface area contributed by atoms with E-state index in [1.807, 2.05) is 43.4 Å². The summed E-state index contributed by atoms with van der Waals surface area (Å²) in [6.07, 6.45) is 7.91. The maximum absolute atomic E-state index is 13.5. The van der Waals surface area contributed by atoms with Crippen LogP contribution < -0.4 is 15.4 Å². The Labute approximate surface area is 203 Å². The second-order valence-corrected chi connectivity index (χ2v) is 9.06. The van der Waals surface area contributed by atoms with Crippen LogP contribution in [-0.4, -0.2) is 34.9 Å². The summed E-state index contributed by atoms with van der Waals surface area (Å²) >= 11 is 6.53. The highest BCUT2D eigenvalue weighted by atomic mass is 35.5. The molecule has 0 bridgehead atoms. The van der Waals surface area contributed by atoms with Crippen molar-refractivity contribution < 1.29 is 9.53 Å². The Hall–Kier alpha value is -3.35. The van der Waals surface area contributed by atoms with E-state index in [9.17, 15) is 4.79 Å². The van der Waals surface area contributed by atoms with Crippen molar-refractivity contribution in [2.45, 2.75) is 37.8 Å². The lowest BCUT2D eigenvalue weighted by molar-refractivity contribution is 0.104. The molecule has 0 amide bonds. The van der Waals surface area contributed by atoms with Gasteiger partial charge in [0.2, 0.25) is 0 Å². The molecule has 174 valence electrons. The molecule has 1 fully saturated rings. The van der Waals surface area contributed by atoms with E-state index < -0.39 is 0 Å². The minimum absolute atomic E-state index is 0.155. The molecular formula is C27H27ClN4O2. The monoisotopic (exact) mass is 474 g/mol. The van der Waals surface area contributed by atoms with E-state index in [4.69, 9.17) is 16.3 Å². The number of carbonyl (C=O) groups excluding carboxylic acids is 1. The Morgan fingerprint density at radius 2 is 1.76 bits per heavy atom. The predicted molar refractivity (Wildman–Crippen MR) is 136 cm³/mol. The summed E-state index contributed by atoms with van der Waals surface area (Å²) < 4.78 is 5.85. The van der Waals surface area contributed by atoms with E-state index in [-0.39, 0.29) is 5.78 Å². The SMILES string of the molecule is CN[C@H]1CC[C@H](Nc2ccnc3[nH]cc(C(=O)c4ccc(Oc5ccccc5)cc4Cl)c23)CC1. The number of nitrogens with zero attached hydrogens (tertiary/aromatic N) is 1. The summed E-state index contributed by atoms with van der Waals surface area (Å²) in [7, 11) is 2.02. The number of aromatic nitrogens is 2. The third kappa shape index (κ3) is 4.65. The van der Waals surface area contributed by atoms with Crippen LogP contribution in [0.5, 0.6) is 11.5 Å². The van der Waals surface area contributed by atoms with Crippen LogP contribution in [0.1, 0.15) is 41.6 Å². The fraction of sp³-hybridized carbons (Fsp3) is 0.259. The quantitative estimate of drug-likeness (QED) is 0.279. The fourth-order valence-corrected chi connectivity index (χ4v) is 4.87. The van der Waals surface area contributed by atoms with Crippen molar-refractivity contribution in [1.29, 1.82) is 0 Å². The molecule has 34 heavy (non-hydrogen) atoms. The van der Waals surface area contributed by atoms with Gasteiger partial charge in [-0.15, -0.1) is 0 Å². The van der Waals surface area contributed by atoms with Gasteiger partial charge in [0.1, 0.15) is 17.1 Å². The van der Waals surface area contributed by atoms with Crippen molar-refractivity contribution in [3.8, 4) is 11.5 Å². The van der Waals surface area contributed by atoms with Gasteiger partial charge in [0.25, 0.3) is 0 Å². The molecule has 0 saturated heterocycles. The van der Waals surface area contributed by atoms with Crippen LogP contribution in [0, 0.1) is 0 Å². The Kier molecular flexibility index (Phi) is 6.52. The first kappa shape index (κ1) is 22.4. The van der Waals surface area contributed by atoms with E-state index >= 15 is 0 Å². The lowest BCUT2D eigenvalue weighted by Crippen LogP contribution is -2.35. The molecule has 1 aliphatic carbocycles. The number of rotatable bonds is 7. The Morgan fingerprint density at radius 1 is 1.00 bits per heavy atom. The molecule has 0 atom stereocenters. The van der Waals surface area contributed by atoms with Crippen molar-refractivity contribution in [2.24, 2.45) is 0 Å². The number of pyridine rings is 1. The number of halogens is 1. The molecule has 6 nitrogen and oxygen atoms in total. The minimum Gasteiger partial charge on any atom is -0.457 e. The molecule has 7 heteroatoms. The highest BCUT2D eigenvalue weighted by Gasteiger charge is 2.23. The molecule has 1 aliphatic rings. The molecule has 0 aliphatic heterocycles. The van der Waals surface area contributed by atoms with Crippen LogP contribution in [-0.2, 0) is 0 Å². The van der Waals surface area contributed by atoms with Gasteiger partial charge in [0.05, 0.1) is 16.0 Å². The second-order valence-electron chi connectivity index (χ2n) is 8.65. The fourth-order valence-electron chi connectivity index (χ4n) is 4.62. The van der Waals surface area contributed by atoms with Crippen molar-refractivity contribution in [3.05, 3.63) is 83.1 Å². The maximum Gasteiger partial charge on any atom is 0.196 e. The summed E-state index contributed by atoms with van der Waals surface area (Å²) in [4.78, 5) is 21.1. The first-order valence-electron chi connectivity index (χ1n) is 11.6. The number of ether oxygens (including phenoxy) is 1. The van der Waals surface area contributed by atoms with Gasteiger partial charge < -0.3 is 20.4 Å². The molecule has 0 radical (unpaired) electrons. The molecule has 0 spiro atoms. The average molecular weight is 475 g/mol. The first-order chi connectivity index (χ1) is 16.6. The summed E-state index contributed by atoms with van der Waals surface area (Å²) in [5.74, 6) is 1.13. The van der Waals surface area contributed by atoms with Gasteiger partial charge in [0.15, 0.2) is 5.78 Å². The number of hydrogen-bond donors (Lipinski definition) is 3. The highest BCUT2D eigenvalue weighted by Crippen LogP contribution is 2.33. The van der Waals surface area contributed by atoms with Crippen molar-refractivity contribution in [3.63, 3.8) is 0 Å². The van der Waals surface area contributed by atoms with Crippen molar-refractivity contribution in [1.82, 2.24) is 15.3 Å². The molecule has 1 saturated carbocycles. The molecule has 4 aromatic rings. The highest BCUT2D eigenvalue weighted by molar-refractivity contribution is 6.35. The van der Waals surface area contributed by atoms with Gasteiger partial charge >= 0.3 is 0 Å². The number of carbonyl (C=O) groups is 1. The van der Waals surface area contributed by atoms with Crippen LogP contribution in [0.4, 0.5) is 5.69 Å². The third-order valence-corrected chi connectivity index (χ3v) is 6.79. The van der Waals surface area contributed by atoms with E-state index in [1.165, 1.54) is 0 Å². The molecule has 3 N–H and O–H groups in total. The van der Waals surface area contributed by atoms with E-state index in [0.29, 0.717) is 45.4 Å². The maximum atomic E-state index is 13.5. The molecule has 2 aromatic heterocycles. The van der Waals surface area contributed by atoms with Crippen LogP contribution in [0.15, 0.2) is 67.0 Å². The van der Waals surface area contributed by atoms with Crippen LogP contribution in [0.25, 0.3) is 11.0 Å². The van der Waals surface area contributed by atoms with E-state index in [2.05, 4.69) is 20.6 Å². The van der Waals surface area contributed by atoms with E-state index in [1.54, 1.807) is 30.6 Å². The number of para-hydroxylation sites is 1. The van der Waals surface area contributed by atoms with Gasteiger partial charge in [-0.1, -0.05) is 29.8 Å². The van der Waals surface area contributed by atoms with Crippen LogP contribution in [0.2, 0.25) is 5.02 Å². The molecule has 0 unspecified atom stereocenters. The molecule has 2 heterocycles. The van der Waals surface area contributed by atoms with Gasteiger partial charge in [-0.3, -0.25) is 4.79 Å². The van der Waals surface area contributed by atoms with Gasteiger partial charge in [-0.05, 0) is 63.1 Å². The number of fused-ring (bicyclic) bond motifs is 1. The average Bonchev–Trinajstić information content (AvgIpc) is 3.30. The number of ketones is 1. The van der Waals surface area contributed by atoms with Gasteiger partial charge in [-0.25, -0.2) is 4.98 Å². The number of nitrogens with one attached hydrogen (secondary N) is 3. The smallest absolute Gasteiger partial charge is 0.196 e. The number of aromatic amines is 1. The zero-order chi connectivity index (χ0) is 23.5. The normalized spacial score (nSPS) is 18.1. The summed E-state index contributed by atoms with van der Waals surface area (Å²) in [6.45, 7) is 0. The second kappa shape index (κ2) is 9.87. The third-order valence-electron chi connectivity index (χ3n) is 6.48. The predicted octanol–water partition coefficient (Wildman–Crippen LogP) is 6.18. The topological polar surface area (TPSA) is 79.0 Å². The molecule has 5 rings (SSSR count). The van der Waals surface area contributed by atoms with E-state index in [0.717, 1.165) is 36.8 Å². The lowest BCUT2D eigenvalue weighted by atomic mass is 9.91. The van der Waals surface area contributed by atoms with Crippen LogP contribution in [0.3, 0.4) is 0 Å². The summed E-state index contributed by atoms with van der Waals surface area (Å²) in [5, 5.41) is 8.17. The zero-order valence-electron chi connectivity index (χ0n) is 19.0. The first-order valence-corrected chi connectivity index (χ1v) is 12.0. The lowest BCUT2D eigenvalue weighted by Gasteiger charge is -2.29. The largest absolute Gasteiger partial charge is 0.457 e. The Balaban J connectivity index is 1.40. The zero-order valence-corrected chi connectivity index (χ0v) is 19.7. The number of anilines is 1. The molecular weight excluding hydrogens is 448 g/mol. The standard InChI is InChI=1S/C27H27ClN4O2/c1-29-17-7-9-18(10-8-17)32-24-13-14-30-27-25(24)22(16-31-27)26(33)21-12-11-20(15-23(21)28)34-19-5-3-2-4-6-19/h2-6,11-18,29H,7-10H2,1H3,(H2,30,31,32)/t17-,18-. The minimum atomic E-state index is -0.155. The number of hydrogen-bond acceptors (Lipinski definition) is 5. The van der Waals surface area contributed by atoms with Crippen LogP contribution >= 0.6 is 11.6 Å².